The molecule has 96 valence electrons. The van der Waals surface area contributed by atoms with Crippen molar-refractivity contribution in [1.29, 1.82) is 5.26 Å². The van der Waals surface area contributed by atoms with Gasteiger partial charge in [0.05, 0.1) is 6.07 Å². The van der Waals surface area contributed by atoms with E-state index in [1.807, 2.05) is 18.4 Å². The van der Waals surface area contributed by atoms with Crippen LogP contribution in [-0.4, -0.2) is 34.1 Å². The minimum atomic E-state index is -0.175. The van der Waals surface area contributed by atoms with Gasteiger partial charge in [-0.2, -0.15) is 5.26 Å². The molecule has 0 unspecified atom stereocenters. The Labute approximate surface area is 112 Å². The summed E-state index contributed by atoms with van der Waals surface area (Å²) in [7, 11) is 0. The molecule has 0 amide bonds. The molecule has 1 heterocycles. The lowest BCUT2D eigenvalue weighted by atomic mass is 9.97. The Morgan fingerprint density at radius 1 is 1.33 bits per heavy atom. The van der Waals surface area contributed by atoms with E-state index in [1.165, 1.54) is 5.56 Å². The molecule has 1 aliphatic rings. The van der Waals surface area contributed by atoms with Gasteiger partial charge in [0.25, 0.3) is 0 Å². The summed E-state index contributed by atoms with van der Waals surface area (Å²) in [5.74, 6) is 0.309. The van der Waals surface area contributed by atoms with Gasteiger partial charge in [0.15, 0.2) is 0 Å². The molecule has 3 nitrogen and oxygen atoms in total. The quantitative estimate of drug-likeness (QED) is 0.909. The van der Waals surface area contributed by atoms with Crippen molar-refractivity contribution in [1.82, 2.24) is 4.90 Å². The van der Waals surface area contributed by atoms with Crippen LogP contribution >= 0.6 is 11.8 Å². The number of nitriles is 1. The second kappa shape index (κ2) is 5.64. The van der Waals surface area contributed by atoms with Crippen molar-refractivity contribution in [2.45, 2.75) is 24.1 Å². The molecule has 1 fully saturated rings. The van der Waals surface area contributed by atoms with Crippen molar-refractivity contribution >= 4 is 11.8 Å². The summed E-state index contributed by atoms with van der Waals surface area (Å²) in [6, 6.07) is 9.82. The van der Waals surface area contributed by atoms with Crippen molar-refractivity contribution in [3.63, 3.8) is 0 Å². The summed E-state index contributed by atoms with van der Waals surface area (Å²) in [5.41, 5.74) is 1.21. The second-order valence-electron chi connectivity index (χ2n) is 4.75. The van der Waals surface area contributed by atoms with Gasteiger partial charge >= 0.3 is 0 Å². The van der Waals surface area contributed by atoms with Crippen molar-refractivity contribution < 1.29 is 5.11 Å². The number of benzene rings is 1. The number of hydrogen-bond donors (Lipinski definition) is 1. The third-order valence-electron chi connectivity index (χ3n) is 3.60. The average Bonchev–Trinajstić information content (AvgIpc) is 2.43. The molecule has 1 saturated heterocycles. The molecule has 0 aliphatic carbocycles. The topological polar surface area (TPSA) is 47.3 Å². The summed E-state index contributed by atoms with van der Waals surface area (Å²) in [4.78, 5) is 2.37. The minimum Gasteiger partial charge on any atom is -0.508 e. The lowest BCUT2D eigenvalue weighted by Crippen LogP contribution is -2.41. The van der Waals surface area contributed by atoms with Crippen LogP contribution in [0, 0.1) is 11.3 Å². The first-order chi connectivity index (χ1) is 8.67. The average molecular weight is 262 g/mol. The Morgan fingerprint density at radius 2 is 1.94 bits per heavy atom. The number of likely N-dealkylation sites (tertiary alicyclic amines) is 1. The highest BCUT2D eigenvalue weighted by atomic mass is 32.2. The van der Waals surface area contributed by atoms with Crippen LogP contribution in [-0.2, 0) is 6.54 Å². The Morgan fingerprint density at radius 3 is 2.44 bits per heavy atom. The summed E-state index contributed by atoms with van der Waals surface area (Å²) in [6.45, 7) is 2.83. The third-order valence-corrected chi connectivity index (χ3v) is 4.88. The fraction of sp³-hybridized carbons (Fsp3) is 0.500. The summed E-state index contributed by atoms with van der Waals surface area (Å²) in [5, 5.41) is 18.5. The lowest BCUT2D eigenvalue weighted by molar-refractivity contribution is 0.209. The first kappa shape index (κ1) is 13.3. The van der Waals surface area contributed by atoms with Gasteiger partial charge in [0.1, 0.15) is 10.5 Å². The molecule has 18 heavy (non-hydrogen) atoms. The molecular formula is C14H18N2OS. The fourth-order valence-corrected chi connectivity index (χ4v) is 2.98. The number of rotatable bonds is 3. The minimum absolute atomic E-state index is 0.175. The Kier molecular flexibility index (Phi) is 4.15. The zero-order chi connectivity index (χ0) is 13.0. The maximum Gasteiger partial charge on any atom is 0.115 e. The normalized spacial score (nSPS) is 19.3. The molecule has 0 bridgehead atoms. The molecule has 1 aliphatic heterocycles. The smallest absolute Gasteiger partial charge is 0.115 e. The van der Waals surface area contributed by atoms with E-state index in [-0.39, 0.29) is 4.75 Å². The number of phenols is 1. The largest absolute Gasteiger partial charge is 0.508 e. The van der Waals surface area contributed by atoms with Crippen molar-refractivity contribution in [2.75, 3.05) is 19.3 Å². The highest BCUT2D eigenvalue weighted by molar-refractivity contribution is 8.00. The summed E-state index contributed by atoms with van der Waals surface area (Å²) < 4.78 is -0.175. The van der Waals surface area contributed by atoms with Crippen LogP contribution in [0.5, 0.6) is 5.75 Å². The van der Waals surface area contributed by atoms with Gasteiger partial charge in [0, 0.05) is 19.6 Å². The molecule has 0 spiro atoms. The van der Waals surface area contributed by atoms with Crippen molar-refractivity contribution in [2.24, 2.45) is 0 Å². The fourth-order valence-electron chi connectivity index (χ4n) is 2.29. The molecule has 0 atom stereocenters. The molecule has 0 saturated carbocycles. The summed E-state index contributed by atoms with van der Waals surface area (Å²) >= 11 is 1.68. The highest BCUT2D eigenvalue weighted by Gasteiger charge is 2.33. The number of hydrogen-bond acceptors (Lipinski definition) is 4. The molecule has 0 aromatic heterocycles. The van der Waals surface area contributed by atoms with Crippen molar-refractivity contribution in [3.8, 4) is 11.8 Å². The van der Waals surface area contributed by atoms with Gasteiger partial charge < -0.3 is 5.11 Å². The highest BCUT2D eigenvalue weighted by Crippen LogP contribution is 2.34. The van der Waals surface area contributed by atoms with Gasteiger partial charge in [-0.15, -0.1) is 11.8 Å². The number of nitrogens with zero attached hydrogens (tertiary/aromatic N) is 2. The Hall–Kier alpha value is -1.18. The van der Waals surface area contributed by atoms with Crippen LogP contribution < -0.4 is 0 Å². The standard InChI is InChI=1S/C14H18N2OS/c1-18-14(11-15)6-8-16(9-7-14)10-12-2-4-13(17)5-3-12/h2-5,17H,6-10H2,1H3. The van der Waals surface area contributed by atoms with Gasteiger partial charge in [-0.3, -0.25) is 4.90 Å². The molecule has 1 N–H and O–H groups in total. The second-order valence-corrected chi connectivity index (χ2v) is 5.94. The first-order valence-electron chi connectivity index (χ1n) is 6.14. The van der Waals surface area contributed by atoms with Crippen LogP contribution in [0.2, 0.25) is 0 Å². The Balaban J connectivity index is 1.91. The maximum absolute atomic E-state index is 9.24. The van der Waals surface area contributed by atoms with Gasteiger partial charge in [-0.25, -0.2) is 0 Å². The van der Waals surface area contributed by atoms with E-state index in [0.29, 0.717) is 5.75 Å². The molecule has 2 rings (SSSR count). The van der Waals surface area contributed by atoms with E-state index in [9.17, 15) is 10.4 Å². The predicted octanol–water partition coefficient (Wildman–Crippen LogP) is 2.61. The molecular weight excluding hydrogens is 244 g/mol. The molecule has 4 heteroatoms. The summed E-state index contributed by atoms with van der Waals surface area (Å²) in [6.07, 6.45) is 3.89. The molecule has 1 aromatic carbocycles. The van der Waals surface area contributed by atoms with Crippen molar-refractivity contribution in [3.05, 3.63) is 29.8 Å². The van der Waals surface area contributed by atoms with E-state index in [2.05, 4.69) is 11.0 Å². The molecule has 1 aromatic rings. The van der Waals surface area contributed by atoms with Crippen LogP contribution in [0.1, 0.15) is 18.4 Å². The Bertz CT molecular complexity index is 430. The van der Waals surface area contributed by atoms with Crippen LogP contribution in [0.15, 0.2) is 24.3 Å². The number of phenolic OH excluding ortho intramolecular Hbond substituents is 1. The SMILES string of the molecule is CSC1(C#N)CCN(Cc2ccc(O)cc2)CC1. The predicted molar refractivity (Wildman–Crippen MR) is 74.5 cm³/mol. The maximum atomic E-state index is 9.24. The van der Waals surface area contributed by atoms with E-state index in [1.54, 1.807) is 23.9 Å². The monoisotopic (exact) mass is 262 g/mol. The zero-order valence-electron chi connectivity index (χ0n) is 10.6. The van der Waals surface area contributed by atoms with E-state index in [4.69, 9.17) is 0 Å². The van der Waals surface area contributed by atoms with Gasteiger partial charge in [-0.1, -0.05) is 12.1 Å². The van der Waals surface area contributed by atoms with Crippen LogP contribution in [0.25, 0.3) is 0 Å². The van der Waals surface area contributed by atoms with E-state index < -0.39 is 0 Å². The number of piperidine rings is 1. The van der Waals surface area contributed by atoms with E-state index >= 15 is 0 Å². The molecule has 0 radical (unpaired) electrons. The zero-order valence-corrected chi connectivity index (χ0v) is 11.4. The van der Waals surface area contributed by atoms with Crippen LogP contribution in [0.3, 0.4) is 0 Å². The number of aromatic hydroxyl groups is 1. The van der Waals surface area contributed by atoms with Gasteiger partial charge in [-0.05, 0) is 36.8 Å². The van der Waals surface area contributed by atoms with Gasteiger partial charge in [0.2, 0.25) is 0 Å². The third kappa shape index (κ3) is 2.98. The number of thioether (sulfide) groups is 1. The first-order valence-corrected chi connectivity index (χ1v) is 7.37. The van der Waals surface area contributed by atoms with E-state index in [0.717, 1.165) is 32.5 Å². The lowest BCUT2D eigenvalue weighted by Gasteiger charge is -2.36. The van der Waals surface area contributed by atoms with Crippen LogP contribution in [0.4, 0.5) is 0 Å².